The number of aryl methyl sites for hydroxylation is 1. The summed E-state index contributed by atoms with van der Waals surface area (Å²) >= 11 is 0. The minimum atomic E-state index is -0.772. The van der Waals surface area contributed by atoms with Gasteiger partial charge >= 0.3 is 5.97 Å². The number of hydrogen-bond donors (Lipinski definition) is 3. The number of hydrogen-bond acceptors (Lipinski definition) is 5. The van der Waals surface area contributed by atoms with E-state index in [-0.39, 0.29) is 6.42 Å². The van der Waals surface area contributed by atoms with Gasteiger partial charge in [-0.25, -0.2) is 0 Å². The number of anilines is 2. The molecule has 22 heavy (non-hydrogen) atoms. The van der Waals surface area contributed by atoms with Crippen LogP contribution < -0.4 is 11.5 Å². The van der Waals surface area contributed by atoms with Crippen molar-refractivity contribution in [1.82, 2.24) is 0 Å². The fourth-order valence-electron chi connectivity index (χ4n) is 1.95. The van der Waals surface area contributed by atoms with Crippen LogP contribution in [0.15, 0.2) is 52.7 Å². The van der Waals surface area contributed by atoms with Gasteiger partial charge in [-0.3, -0.25) is 4.79 Å². The predicted molar refractivity (Wildman–Crippen MR) is 86.5 cm³/mol. The maximum atomic E-state index is 10.5. The van der Waals surface area contributed by atoms with Gasteiger partial charge in [0.25, 0.3) is 0 Å². The molecule has 0 aliphatic carbocycles. The minimum Gasteiger partial charge on any atom is -0.481 e. The Hall–Kier alpha value is -2.89. The van der Waals surface area contributed by atoms with Gasteiger partial charge in [0.1, 0.15) is 5.69 Å². The molecule has 0 bridgehead atoms. The lowest BCUT2D eigenvalue weighted by Gasteiger charge is -2.01. The molecule has 2 rings (SSSR count). The smallest absolute Gasteiger partial charge is 0.303 e. The quantitative estimate of drug-likeness (QED) is 0.557. The lowest BCUT2D eigenvalue weighted by Crippen LogP contribution is -1.95. The summed E-state index contributed by atoms with van der Waals surface area (Å²) in [6.45, 7) is 0. The molecule has 6 nitrogen and oxygen atoms in total. The van der Waals surface area contributed by atoms with Crippen LogP contribution >= 0.6 is 0 Å². The lowest BCUT2D eigenvalue weighted by atomic mass is 10.1. The second kappa shape index (κ2) is 7.21. The summed E-state index contributed by atoms with van der Waals surface area (Å²) in [6.07, 6.45) is 1.53. The van der Waals surface area contributed by atoms with Crippen LogP contribution in [0.4, 0.5) is 22.7 Å². The summed E-state index contributed by atoms with van der Waals surface area (Å²) in [4.78, 5) is 10.5. The van der Waals surface area contributed by atoms with Crippen molar-refractivity contribution in [3.05, 3.63) is 48.0 Å². The van der Waals surface area contributed by atoms with Crippen LogP contribution in [0.2, 0.25) is 0 Å². The molecule has 2 aromatic rings. The van der Waals surface area contributed by atoms with Crippen LogP contribution in [0.25, 0.3) is 0 Å². The van der Waals surface area contributed by atoms with Crippen molar-refractivity contribution in [2.75, 3.05) is 11.5 Å². The van der Waals surface area contributed by atoms with Gasteiger partial charge in [0.15, 0.2) is 0 Å². The summed E-state index contributed by atoms with van der Waals surface area (Å²) in [5, 5.41) is 16.8. The number of rotatable bonds is 6. The van der Waals surface area contributed by atoms with E-state index in [1.165, 1.54) is 0 Å². The second-order valence-corrected chi connectivity index (χ2v) is 4.93. The molecule has 0 aliphatic rings. The maximum Gasteiger partial charge on any atom is 0.303 e. The zero-order valence-corrected chi connectivity index (χ0v) is 12.1. The fourth-order valence-corrected chi connectivity index (χ4v) is 1.95. The van der Waals surface area contributed by atoms with Gasteiger partial charge < -0.3 is 16.6 Å². The van der Waals surface area contributed by atoms with Gasteiger partial charge in [-0.1, -0.05) is 12.1 Å². The van der Waals surface area contributed by atoms with Crippen LogP contribution in [0.1, 0.15) is 18.4 Å². The molecule has 0 spiro atoms. The molecule has 0 aromatic heterocycles. The van der Waals surface area contributed by atoms with E-state index in [0.717, 1.165) is 12.0 Å². The molecule has 0 aliphatic heterocycles. The van der Waals surface area contributed by atoms with E-state index >= 15 is 0 Å². The molecule has 0 saturated heterocycles. The first-order valence-electron chi connectivity index (χ1n) is 6.92. The first kappa shape index (κ1) is 15.5. The summed E-state index contributed by atoms with van der Waals surface area (Å²) in [5.41, 5.74) is 14.8. The normalized spacial score (nSPS) is 10.9. The Balaban J connectivity index is 1.98. The van der Waals surface area contributed by atoms with Gasteiger partial charge in [0, 0.05) is 12.1 Å². The molecule has 2 aromatic carbocycles. The van der Waals surface area contributed by atoms with Gasteiger partial charge in [-0.05, 0) is 48.7 Å². The summed E-state index contributed by atoms with van der Waals surface area (Å²) in [6, 6.07) is 12.6. The average Bonchev–Trinajstić information content (AvgIpc) is 2.47. The third kappa shape index (κ3) is 4.59. The monoisotopic (exact) mass is 298 g/mol. The summed E-state index contributed by atoms with van der Waals surface area (Å²) < 4.78 is 0. The molecule has 0 radical (unpaired) electrons. The zero-order chi connectivity index (χ0) is 15.9. The van der Waals surface area contributed by atoms with Crippen molar-refractivity contribution < 1.29 is 9.90 Å². The van der Waals surface area contributed by atoms with E-state index in [1.54, 1.807) is 18.2 Å². The zero-order valence-electron chi connectivity index (χ0n) is 12.1. The number of benzene rings is 2. The first-order valence-corrected chi connectivity index (χ1v) is 6.92. The molecule has 0 fully saturated rings. The topological polar surface area (TPSA) is 114 Å². The number of carbonyl (C=O) groups is 1. The number of nitrogen functional groups attached to an aromatic ring is 2. The molecule has 0 atom stereocenters. The number of nitrogens with zero attached hydrogens (tertiary/aromatic N) is 2. The number of azo groups is 1. The van der Waals surface area contributed by atoms with Crippen molar-refractivity contribution in [2.24, 2.45) is 10.2 Å². The average molecular weight is 298 g/mol. The van der Waals surface area contributed by atoms with Crippen LogP contribution in [0.3, 0.4) is 0 Å². The van der Waals surface area contributed by atoms with Crippen molar-refractivity contribution in [3.8, 4) is 0 Å². The highest BCUT2D eigenvalue weighted by molar-refractivity contribution is 5.67. The molecule has 0 heterocycles. The molecule has 0 unspecified atom stereocenters. The van der Waals surface area contributed by atoms with Crippen LogP contribution in [-0.2, 0) is 11.2 Å². The van der Waals surface area contributed by atoms with Crippen molar-refractivity contribution >= 4 is 28.7 Å². The highest BCUT2D eigenvalue weighted by atomic mass is 16.4. The van der Waals surface area contributed by atoms with Gasteiger partial charge in [0.2, 0.25) is 0 Å². The molecule has 114 valence electrons. The molecule has 0 amide bonds. The lowest BCUT2D eigenvalue weighted by molar-refractivity contribution is -0.137. The van der Waals surface area contributed by atoms with E-state index in [4.69, 9.17) is 16.6 Å². The Morgan fingerprint density at radius 3 is 2.41 bits per heavy atom. The third-order valence-corrected chi connectivity index (χ3v) is 3.12. The summed E-state index contributed by atoms with van der Waals surface area (Å²) in [5.74, 6) is -0.772. The maximum absolute atomic E-state index is 10.5. The van der Waals surface area contributed by atoms with Crippen molar-refractivity contribution in [2.45, 2.75) is 19.3 Å². The van der Waals surface area contributed by atoms with Crippen LogP contribution in [0.5, 0.6) is 0 Å². The van der Waals surface area contributed by atoms with E-state index in [0.29, 0.717) is 29.2 Å². The van der Waals surface area contributed by atoms with Crippen molar-refractivity contribution in [3.63, 3.8) is 0 Å². The van der Waals surface area contributed by atoms with Crippen LogP contribution in [-0.4, -0.2) is 11.1 Å². The predicted octanol–water partition coefficient (Wildman–Crippen LogP) is 3.67. The number of carboxylic acid groups (broad SMARTS) is 1. The molecular formula is C16H18N4O2. The van der Waals surface area contributed by atoms with E-state index in [2.05, 4.69) is 10.2 Å². The second-order valence-electron chi connectivity index (χ2n) is 4.93. The Morgan fingerprint density at radius 2 is 1.77 bits per heavy atom. The Bertz CT molecular complexity index is 681. The molecule has 0 saturated carbocycles. The van der Waals surface area contributed by atoms with E-state index in [1.807, 2.05) is 24.3 Å². The number of aliphatic carboxylic acids is 1. The van der Waals surface area contributed by atoms with E-state index in [9.17, 15) is 4.79 Å². The fraction of sp³-hybridized carbons (Fsp3) is 0.188. The van der Waals surface area contributed by atoms with Gasteiger partial charge in [-0.15, -0.1) is 5.11 Å². The van der Waals surface area contributed by atoms with Crippen molar-refractivity contribution in [1.29, 1.82) is 0 Å². The minimum absolute atomic E-state index is 0.178. The van der Waals surface area contributed by atoms with E-state index < -0.39 is 5.97 Å². The Labute approximate surface area is 128 Å². The number of nitrogens with two attached hydrogens (primary N) is 2. The largest absolute Gasteiger partial charge is 0.481 e. The van der Waals surface area contributed by atoms with Crippen LogP contribution in [0, 0.1) is 0 Å². The van der Waals surface area contributed by atoms with Gasteiger partial charge in [0.05, 0.1) is 11.4 Å². The SMILES string of the molecule is Nc1ccc(N=Nc2ccc(CCCC(=O)O)cc2)c(N)c1. The Kier molecular flexibility index (Phi) is 5.08. The highest BCUT2D eigenvalue weighted by Gasteiger charge is 2.00. The first-order chi connectivity index (χ1) is 10.5. The molecule has 5 N–H and O–H groups in total. The standard InChI is InChI=1S/C16H18N4O2/c17-12-6-9-15(14(18)10-12)20-19-13-7-4-11(5-8-13)2-1-3-16(21)22/h4-10H,1-3,17-18H2,(H,21,22). The third-order valence-electron chi connectivity index (χ3n) is 3.12. The highest BCUT2D eigenvalue weighted by Crippen LogP contribution is 2.26. The Morgan fingerprint density at radius 1 is 1.05 bits per heavy atom. The van der Waals surface area contributed by atoms with Gasteiger partial charge in [-0.2, -0.15) is 5.11 Å². The molecule has 6 heteroatoms. The summed E-state index contributed by atoms with van der Waals surface area (Å²) in [7, 11) is 0. The molecular weight excluding hydrogens is 280 g/mol. The number of carboxylic acids is 1.